The Morgan fingerprint density at radius 2 is 1.85 bits per heavy atom. The van der Waals surface area contributed by atoms with Gasteiger partial charge in [0.1, 0.15) is 5.76 Å². The fourth-order valence-electron chi connectivity index (χ4n) is 3.48. The second kappa shape index (κ2) is 8.04. The zero-order chi connectivity index (χ0) is 18.7. The third-order valence-corrected chi connectivity index (χ3v) is 5.26. The molecule has 26 heavy (non-hydrogen) atoms. The van der Waals surface area contributed by atoms with Gasteiger partial charge in [-0.2, -0.15) is 0 Å². The Morgan fingerprint density at radius 1 is 1.12 bits per heavy atom. The van der Waals surface area contributed by atoms with Crippen molar-refractivity contribution in [2.75, 3.05) is 26.2 Å². The van der Waals surface area contributed by atoms with Gasteiger partial charge >= 0.3 is 0 Å². The average molecular weight is 355 g/mol. The van der Waals surface area contributed by atoms with Crippen molar-refractivity contribution in [3.05, 3.63) is 52.4 Å². The van der Waals surface area contributed by atoms with Gasteiger partial charge < -0.3 is 9.42 Å². The normalized spacial score (nSPS) is 16.1. The maximum absolute atomic E-state index is 12.8. The molecule has 0 N–H and O–H groups in total. The van der Waals surface area contributed by atoms with E-state index in [0.29, 0.717) is 5.92 Å². The highest BCUT2D eigenvalue weighted by atomic mass is 16.5. The summed E-state index contributed by atoms with van der Waals surface area (Å²) in [7, 11) is 0. The highest BCUT2D eigenvalue weighted by Crippen LogP contribution is 2.18. The topological polar surface area (TPSA) is 49.6 Å². The predicted molar refractivity (Wildman–Crippen MR) is 102 cm³/mol. The van der Waals surface area contributed by atoms with E-state index in [1.807, 2.05) is 30.9 Å². The van der Waals surface area contributed by atoms with Crippen molar-refractivity contribution in [2.24, 2.45) is 0 Å². The minimum Gasteiger partial charge on any atom is -0.361 e. The molecule has 0 saturated carbocycles. The average Bonchev–Trinajstić information content (AvgIpc) is 2.83. The summed E-state index contributed by atoms with van der Waals surface area (Å²) in [6, 6.07) is 8.06. The minimum atomic E-state index is 0.138. The number of amides is 1. The molecule has 140 valence electrons. The monoisotopic (exact) mass is 355 g/mol. The summed E-state index contributed by atoms with van der Waals surface area (Å²) in [4.78, 5) is 17.2. The van der Waals surface area contributed by atoms with Crippen LogP contribution < -0.4 is 0 Å². The van der Waals surface area contributed by atoms with Crippen LogP contribution in [0, 0.1) is 13.8 Å². The van der Waals surface area contributed by atoms with E-state index in [1.165, 1.54) is 11.1 Å². The van der Waals surface area contributed by atoms with E-state index < -0.39 is 0 Å². The molecule has 1 fully saturated rings. The second-order valence-electron chi connectivity index (χ2n) is 7.50. The van der Waals surface area contributed by atoms with Gasteiger partial charge in [-0.1, -0.05) is 31.1 Å². The molecule has 1 aliphatic heterocycles. The molecule has 1 amide bonds. The van der Waals surface area contributed by atoms with Crippen LogP contribution in [0.15, 0.2) is 28.8 Å². The molecule has 2 aromatic rings. The molecular formula is C21H29N3O2. The van der Waals surface area contributed by atoms with Crippen molar-refractivity contribution in [3.8, 4) is 0 Å². The van der Waals surface area contributed by atoms with Crippen molar-refractivity contribution in [1.29, 1.82) is 0 Å². The first-order valence-corrected chi connectivity index (χ1v) is 9.49. The zero-order valence-corrected chi connectivity index (χ0v) is 16.3. The molecule has 0 spiro atoms. The first-order chi connectivity index (χ1) is 12.5. The van der Waals surface area contributed by atoms with Crippen LogP contribution in [0.25, 0.3) is 0 Å². The van der Waals surface area contributed by atoms with Gasteiger partial charge in [0.2, 0.25) is 0 Å². The van der Waals surface area contributed by atoms with E-state index in [-0.39, 0.29) is 5.91 Å². The molecule has 0 aliphatic carbocycles. The Kier molecular flexibility index (Phi) is 5.77. The fourth-order valence-corrected chi connectivity index (χ4v) is 3.48. The molecule has 0 atom stereocenters. The second-order valence-corrected chi connectivity index (χ2v) is 7.50. The van der Waals surface area contributed by atoms with E-state index in [0.717, 1.165) is 56.2 Å². The molecule has 2 heterocycles. The maximum Gasteiger partial charge on any atom is 0.253 e. The van der Waals surface area contributed by atoms with Gasteiger partial charge in [-0.3, -0.25) is 9.69 Å². The van der Waals surface area contributed by atoms with Crippen LogP contribution in [-0.2, 0) is 6.54 Å². The van der Waals surface area contributed by atoms with Gasteiger partial charge in [0.05, 0.1) is 5.69 Å². The quantitative estimate of drug-likeness (QED) is 0.838. The number of aryl methyl sites for hydroxylation is 2. The van der Waals surface area contributed by atoms with E-state index in [9.17, 15) is 4.79 Å². The number of nitrogens with zero attached hydrogens (tertiary/aromatic N) is 3. The minimum absolute atomic E-state index is 0.138. The summed E-state index contributed by atoms with van der Waals surface area (Å²) >= 11 is 0. The van der Waals surface area contributed by atoms with Crippen molar-refractivity contribution >= 4 is 5.91 Å². The van der Waals surface area contributed by atoms with Gasteiger partial charge in [0.25, 0.3) is 5.91 Å². The van der Waals surface area contributed by atoms with E-state index in [1.54, 1.807) is 0 Å². The lowest BCUT2D eigenvalue weighted by atomic mass is 10.0. The van der Waals surface area contributed by atoms with Crippen molar-refractivity contribution < 1.29 is 9.32 Å². The predicted octanol–water partition coefficient (Wildman–Crippen LogP) is 3.76. The van der Waals surface area contributed by atoms with Gasteiger partial charge in [-0.05, 0) is 43.9 Å². The van der Waals surface area contributed by atoms with Crippen LogP contribution in [0.2, 0.25) is 0 Å². The summed E-state index contributed by atoms with van der Waals surface area (Å²) in [5.74, 6) is 1.51. The molecule has 5 heteroatoms. The third kappa shape index (κ3) is 4.15. The van der Waals surface area contributed by atoms with Crippen LogP contribution in [0.3, 0.4) is 0 Å². The molecule has 0 bridgehead atoms. The number of benzene rings is 1. The number of aromatic nitrogens is 1. The van der Waals surface area contributed by atoms with Crippen molar-refractivity contribution in [3.63, 3.8) is 0 Å². The summed E-state index contributed by atoms with van der Waals surface area (Å²) in [6.45, 7) is 12.5. The van der Waals surface area contributed by atoms with E-state index in [2.05, 4.69) is 36.0 Å². The van der Waals surface area contributed by atoms with E-state index >= 15 is 0 Å². The Morgan fingerprint density at radius 3 is 2.46 bits per heavy atom. The number of hydrogen-bond acceptors (Lipinski definition) is 4. The summed E-state index contributed by atoms with van der Waals surface area (Å²) in [5, 5.41) is 4.04. The molecule has 1 saturated heterocycles. The first kappa shape index (κ1) is 18.6. The molecule has 0 radical (unpaired) electrons. The molecule has 5 nitrogen and oxygen atoms in total. The van der Waals surface area contributed by atoms with Crippen molar-refractivity contribution in [1.82, 2.24) is 15.0 Å². The van der Waals surface area contributed by atoms with Crippen LogP contribution >= 0.6 is 0 Å². The third-order valence-electron chi connectivity index (χ3n) is 5.26. The molecule has 1 aromatic heterocycles. The van der Waals surface area contributed by atoms with Crippen LogP contribution in [0.4, 0.5) is 0 Å². The highest BCUT2D eigenvalue weighted by Gasteiger charge is 2.22. The van der Waals surface area contributed by atoms with Crippen LogP contribution in [-0.4, -0.2) is 47.0 Å². The SMILES string of the molecule is Cc1noc(C)c1CN1CCCN(C(=O)c2ccc(C(C)C)cc2)CC1. The lowest BCUT2D eigenvalue weighted by Crippen LogP contribution is -2.35. The Hall–Kier alpha value is -2.14. The molecule has 3 rings (SSSR count). The van der Waals surface area contributed by atoms with Crippen LogP contribution in [0.5, 0.6) is 0 Å². The Balaban J connectivity index is 1.62. The first-order valence-electron chi connectivity index (χ1n) is 9.49. The highest BCUT2D eigenvalue weighted by molar-refractivity contribution is 5.94. The lowest BCUT2D eigenvalue weighted by molar-refractivity contribution is 0.0761. The standard InChI is InChI=1S/C21H29N3O2/c1-15(2)18-6-8-19(9-7-18)21(25)24-11-5-10-23(12-13-24)14-20-16(3)22-26-17(20)4/h6-9,15H,5,10-14H2,1-4H3. The van der Waals surface area contributed by atoms with Gasteiger partial charge in [0.15, 0.2) is 0 Å². The van der Waals surface area contributed by atoms with E-state index in [4.69, 9.17) is 4.52 Å². The fraction of sp³-hybridized carbons (Fsp3) is 0.524. The summed E-state index contributed by atoms with van der Waals surface area (Å²) < 4.78 is 5.27. The largest absolute Gasteiger partial charge is 0.361 e. The Bertz CT molecular complexity index is 730. The van der Waals surface area contributed by atoms with Gasteiger partial charge in [-0.15, -0.1) is 0 Å². The molecule has 1 aromatic carbocycles. The molecular weight excluding hydrogens is 326 g/mol. The molecule has 1 aliphatic rings. The van der Waals surface area contributed by atoms with Crippen molar-refractivity contribution in [2.45, 2.75) is 46.6 Å². The number of carbonyl (C=O) groups is 1. The number of hydrogen-bond donors (Lipinski definition) is 0. The van der Waals surface area contributed by atoms with Gasteiger partial charge in [0, 0.05) is 43.9 Å². The summed E-state index contributed by atoms with van der Waals surface area (Å²) in [5.41, 5.74) is 4.19. The van der Waals surface area contributed by atoms with Crippen LogP contribution in [0.1, 0.15) is 59.1 Å². The van der Waals surface area contributed by atoms with Gasteiger partial charge in [-0.25, -0.2) is 0 Å². The molecule has 0 unspecified atom stereocenters. The summed E-state index contributed by atoms with van der Waals surface area (Å²) in [6.07, 6.45) is 0.985. The lowest BCUT2D eigenvalue weighted by Gasteiger charge is -2.22. The number of carbonyl (C=O) groups excluding carboxylic acids is 1. The smallest absolute Gasteiger partial charge is 0.253 e. The Labute approximate surface area is 156 Å². The number of rotatable bonds is 4. The maximum atomic E-state index is 12.8. The zero-order valence-electron chi connectivity index (χ0n) is 16.3.